The van der Waals surface area contributed by atoms with E-state index in [1.54, 1.807) is 17.0 Å². The summed E-state index contributed by atoms with van der Waals surface area (Å²) in [6, 6.07) is 6.26. The van der Waals surface area contributed by atoms with Crippen molar-refractivity contribution in [3.63, 3.8) is 0 Å². The van der Waals surface area contributed by atoms with Gasteiger partial charge in [-0.3, -0.25) is 4.79 Å². The minimum absolute atomic E-state index is 0.0000463. The fourth-order valence-electron chi connectivity index (χ4n) is 2.15. The molecule has 2 atom stereocenters. The number of halogens is 1. The van der Waals surface area contributed by atoms with Crippen LogP contribution in [0.5, 0.6) is 0 Å². The van der Waals surface area contributed by atoms with Gasteiger partial charge in [0, 0.05) is 18.3 Å². The normalized spacial score (nSPS) is 25.8. The maximum Gasteiger partial charge on any atom is 0.243 e. The van der Waals surface area contributed by atoms with Gasteiger partial charge in [-0.25, -0.2) is 4.39 Å². The van der Waals surface area contributed by atoms with E-state index in [4.69, 9.17) is 0 Å². The molecular weight excluding hydrogens is 219 g/mol. The molecule has 0 radical (unpaired) electrons. The third-order valence-corrected chi connectivity index (χ3v) is 3.08. The van der Waals surface area contributed by atoms with Gasteiger partial charge in [0.05, 0.1) is 6.04 Å². The molecule has 2 rings (SSSR count). The second-order valence-electron chi connectivity index (χ2n) is 4.55. The number of nitrogens with one attached hydrogen (secondary N) is 1. The molecule has 0 aromatic heterocycles. The zero-order chi connectivity index (χ0) is 12.4. The lowest BCUT2D eigenvalue weighted by molar-refractivity contribution is -0.119. The van der Waals surface area contributed by atoms with Gasteiger partial charge in [-0.2, -0.15) is 0 Å². The molecule has 1 saturated heterocycles. The summed E-state index contributed by atoms with van der Waals surface area (Å²) in [6.45, 7) is 4.52. The van der Waals surface area contributed by atoms with Crippen LogP contribution in [0.4, 0.5) is 10.1 Å². The van der Waals surface area contributed by atoms with E-state index in [2.05, 4.69) is 12.2 Å². The van der Waals surface area contributed by atoms with Crippen molar-refractivity contribution in [3.8, 4) is 0 Å². The third-order valence-electron chi connectivity index (χ3n) is 3.08. The van der Waals surface area contributed by atoms with Crippen LogP contribution in [0.15, 0.2) is 24.3 Å². The second kappa shape index (κ2) is 4.84. The molecule has 2 unspecified atom stereocenters. The molecule has 0 saturated carbocycles. The van der Waals surface area contributed by atoms with Crippen molar-refractivity contribution in [1.29, 1.82) is 0 Å². The van der Waals surface area contributed by atoms with E-state index in [1.165, 1.54) is 12.1 Å². The van der Waals surface area contributed by atoms with Crippen LogP contribution < -0.4 is 10.2 Å². The van der Waals surface area contributed by atoms with Gasteiger partial charge in [0.2, 0.25) is 5.91 Å². The van der Waals surface area contributed by atoms with Gasteiger partial charge >= 0.3 is 0 Å². The summed E-state index contributed by atoms with van der Waals surface area (Å²) < 4.78 is 13.2. The minimum Gasteiger partial charge on any atom is -0.311 e. The van der Waals surface area contributed by atoms with E-state index in [0.29, 0.717) is 18.3 Å². The molecule has 1 aliphatic heterocycles. The lowest BCUT2D eigenvalue weighted by atomic mass is 10.2. The molecular formula is C13H17FN2O. The molecule has 1 aliphatic rings. The van der Waals surface area contributed by atoms with Crippen molar-refractivity contribution in [2.24, 2.45) is 0 Å². The van der Waals surface area contributed by atoms with Crippen LogP contribution in [0.25, 0.3) is 0 Å². The van der Waals surface area contributed by atoms with E-state index in [1.807, 2.05) is 6.92 Å². The van der Waals surface area contributed by atoms with Gasteiger partial charge < -0.3 is 10.2 Å². The maximum atomic E-state index is 13.2. The second-order valence-corrected chi connectivity index (χ2v) is 4.55. The number of amides is 1. The first-order valence-corrected chi connectivity index (χ1v) is 5.91. The number of carbonyl (C=O) groups is 1. The van der Waals surface area contributed by atoms with Crippen molar-refractivity contribution in [3.05, 3.63) is 30.1 Å². The smallest absolute Gasteiger partial charge is 0.243 e. The number of nitrogens with zero attached hydrogens (tertiary/aromatic N) is 1. The summed E-state index contributed by atoms with van der Waals surface area (Å²) in [6.07, 6.45) is 0.868. The Morgan fingerprint density at radius 1 is 1.41 bits per heavy atom. The highest BCUT2D eigenvalue weighted by Crippen LogP contribution is 2.19. The van der Waals surface area contributed by atoms with Crippen molar-refractivity contribution in [2.75, 3.05) is 11.4 Å². The average Bonchev–Trinajstić information content (AvgIpc) is 2.40. The summed E-state index contributed by atoms with van der Waals surface area (Å²) in [4.78, 5) is 13.8. The molecule has 92 valence electrons. The van der Waals surface area contributed by atoms with Crippen molar-refractivity contribution in [2.45, 2.75) is 32.4 Å². The maximum absolute atomic E-state index is 13.2. The zero-order valence-corrected chi connectivity index (χ0v) is 10.1. The molecule has 1 fully saturated rings. The van der Waals surface area contributed by atoms with E-state index in [9.17, 15) is 9.18 Å². The van der Waals surface area contributed by atoms with Gasteiger partial charge in [0.1, 0.15) is 5.82 Å². The molecule has 0 spiro atoms. The molecule has 1 amide bonds. The van der Waals surface area contributed by atoms with E-state index in [0.717, 1.165) is 6.42 Å². The largest absolute Gasteiger partial charge is 0.311 e. The average molecular weight is 236 g/mol. The molecule has 1 heterocycles. The van der Waals surface area contributed by atoms with Crippen molar-refractivity contribution >= 4 is 11.6 Å². The van der Waals surface area contributed by atoms with Gasteiger partial charge in [0.15, 0.2) is 0 Å². The van der Waals surface area contributed by atoms with Crippen molar-refractivity contribution in [1.82, 2.24) is 5.32 Å². The molecule has 17 heavy (non-hydrogen) atoms. The summed E-state index contributed by atoms with van der Waals surface area (Å²) >= 11 is 0. The topological polar surface area (TPSA) is 32.3 Å². The van der Waals surface area contributed by atoms with Gasteiger partial charge in [-0.05, 0) is 38.5 Å². The number of hydrogen-bond acceptors (Lipinski definition) is 2. The first kappa shape index (κ1) is 12.0. The van der Waals surface area contributed by atoms with Crippen LogP contribution >= 0.6 is 0 Å². The summed E-state index contributed by atoms with van der Waals surface area (Å²) in [7, 11) is 0. The highest BCUT2D eigenvalue weighted by molar-refractivity contribution is 5.97. The number of anilines is 1. The number of rotatable bonds is 1. The highest BCUT2D eigenvalue weighted by Gasteiger charge is 2.26. The number of carbonyl (C=O) groups excluding carboxylic acids is 1. The van der Waals surface area contributed by atoms with Crippen LogP contribution in [-0.4, -0.2) is 24.5 Å². The van der Waals surface area contributed by atoms with Gasteiger partial charge in [0.25, 0.3) is 0 Å². The Labute approximate surface area is 101 Å². The van der Waals surface area contributed by atoms with Gasteiger partial charge in [-0.1, -0.05) is 6.07 Å². The van der Waals surface area contributed by atoms with Gasteiger partial charge in [-0.15, -0.1) is 0 Å². The molecule has 1 aromatic carbocycles. The van der Waals surface area contributed by atoms with Crippen molar-refractivity contribution < 1.29 is 9.18 Å². The fraction of sp³-hybridized carbons (Fsp3) is 0.462. The number of hydrogen-bond donors (Lipinski definition) is 1. The Balaban J connectivity index is 2.27. The summed E-state index contributed by atoms with van der Waals surface area (Å²) in [5, 5.41) is 3.22. The quantitative estimate of drug-likeness (QED) is 0.808. The van der Waals surface area contributed by atoms with Crippen LogP contribution in [0.1, 0.15) is 20.3 Å². The monoisotopic (exact) mass is 236 g/mol. The summed E-state index contributed by atoms with van der Waals surface area (Å²) in [5.41, 5.74) is 0.637. The Hall–Kier alpha value is -1.42. The van der Waals surface area contributed by atoms with Crippen LogP contribution in [-0.2, 0) is 4.79 Å². The Morgan fingerprint density at radius 3 is 2.88 bits per heavy atom. The Bertz CT molecular complexity index is 422. The predicted octanol–water partition coefficient (Wildman–Crippen LogP) is 1.93. The fourth-order valence-corrected chi connectivity index (χ4v) is 2.15. The van der Waals surface area contributed by atoms with Crippen LogP contribution in [0.2, 0.25) is 0 Å². The Morgan fingerprint density at radius 2 is 2.18 bits per heavy atom. The lowest BCUT2D eigenvalue weighted by Crippen LogP contribution is -2.43. The third kappa shape index (κ3) is 2.64. The first-order valence-electron chi connectivity index (χ1n) is 5.91. The van der Waals surface area contributed by atoms with E-state index in [-0.39, 0.29) is 17.8 Å². The van der Waals surface area contributed by atoms with Crippen LogP contribution in [0.3, 0.4) is 0 Å². The molecule has 3 nitrogen and oxygen atoms in total. The molecule has 1 N–H and O–H groups in total. The molecule has 0 aliphatic carbocycles. The number of benzene rings is 1. The zero-order valence-electron chi connectivity index (χ0n) is 10.1. The SMILES string of the molecule is CC1CCN(c2cccc(F)c2)C(=O)C(C)N1. The van der Waals surface area contributed by atoms with E-state index < -0.39 is 0 Å². The van der Waals surface area contributed by atoms with Crippen LogP contribution in [0, 0.1) is 5.82 Å². The molecule has 4 heteroatoms. The highest BCUT2D eigenvalue weighted by atomic mass is 19.1. The predicted molar refractivity (Wildman–Crippen MR) is 65.4 cm³/mol. The molecule has 1 aromatic rings. The lowest BCUT2D eigenvalue weighted by Gasteiger charge is -2.22. The first-order chi connectivity index (χ1) is 8.08. The minimum atomic E-state index is -0.312. The Kier molecular flexibility index (Phi) is 3.43. The van der Waals surface area contributed by atoms with E-state index >= 15 is 0 Å². The molecule has 0 bridgehead atoms. The summed E-state index contributed by atoms with van der Waals surface area (Å²) in [5.74, 6) is -0.312. The standard InChI is InChI=1S/C13H17FN2O/c1-9-6-7-16(13(17)10(2)15-9)12-5-3-4-11(14)8-12/h3-5,8-10,15H,6-7H2,1-2H3.